The van der Waals surface area contributed by atoms with Crippen molar-refractivity contribution >= 4 is 0 Å². The molecule has 0 radical (unpaired) electrons. The van der Waals surface area contributed by atoms with E-state index in [0.717, 1.165) is 18.3 Å². The lowest BCUT2D eigenvalue weighted by molar-refractivity contribution is 0.246. The van der Waals surface area contributed by atoms with Gasteiger partial charge in [-0.1, -0.05) is 44.8 Å². The van der Waals surface area contributed by atoms with Crippen molar-refractivity contribution in [3.8, 4) is 0 Å². The summed E-state index contributed by atoms with van der Waals surface area (Å²) in [7, 11) is 0. The van der Waals surface area contributed by atoms with Crippen LogP contribution in [0.25, 0.3) is 0 Å². The summed E-state index contributed by atoms with van der Waals surface area (Å²) in [5, 5.41) is 8.99. The molecule has 0 aliphatic heterocycles. The van der Waals surface area contributed by atoms with E-state index >= 15 is 0 Å². The van der Waals surface area contributed by atoms with Gasteiger partial charge in [0.25, 0.3) is 0 Å². The molecule has 0 bridgehead atoms. The zero-order chi connectivity index (χ0) is 11.6. The fourth-order valence-corrected chi connectivity index (χ4v) is 2.80. The van der Waals surface area contributed by atoms with Gasteiger partial charge in [0.1, 0.15) is 0 Å². The smallest absolute Gasteiger partial charge is 0.0433 e. The van der Waals surface area contributed by atoms with Crippen molar-refractivity contribution in [2.75, 3.05) is 6.61 Å². The van der Waals surface area contributed by atoms with Gasteiger partial charge in [0.2, 0.25) is 0 Å². The summed E-state index contributed by atoms with van der Waals surface area (Å²) < 4.78 is 0. The second-order valence-corrected chi connectivity index (χ2v) is 5.14. The lowest BCUT2D eigenvalue weighted by atomic mass is 9.92. The van der Waals surface area contributed by atoms with Crippen molar-refractivity contribution in [1.29, 1.82) is 0 Å². The Morgan fingerprint density at radius 3 is 2.81 bits per heavy atom. The van der Waals surface area contributed by atoms with E-state index in [9.17, 15) is 0 Å². The van der Waals surface area contributed by atoms with Gasteiger partial charge < -0.3 is 5.11 Å². The third-order valence-electron chi connectivity index (χ3n) is 3.83. The number of unbranched alkanes of at least 4 members (excludes halogenated alkanes) is 4. The zero-order valence-electron chi connectivity index (χ0n) is 10.8. The number of hydrogen-bond donors (Lipinski definition) is 1. The maximum Gasteiger partial charge on any atom is 0.0433 e. The second-order valence-electron chi connectivity index (χ2n) is 5.14. The van der Waals surface area contributed by atoms with Crippen LogP contribution in [0.4, 0.5) is 0 Å². The number of aliphatic hydroxyl groups excluding tert-OH is 1. The second kappa shape index (κ2) is 8.81. The molecule has 1 N–H and O–H groups in total. The predicted molar refractivity (Wildman–Crippen MR) is 70.4 cm³/mol. The van der Waals surface area contributed by atoms with E-state index in [2.05, 4.69) is 19.1 Å². The largest absolute Gasteiger partial charge is 0.396 e. The van der Waals surface area contributed by atoms with Gasteiger partial charge in [-0.05, 0) is 43.9 Å². The van der Waals surface area contributed by atoms with Crippen LogP contribution in [0.3, 0.4) is 0 Å². The molecule has 1 aliphatic carbocycles. The molecular formula is C15H28O. The maximum atomic E-state index is 8.99. The summed E-state index contributed by atoms with van der Waals surface area (Å²) in [6, 6.07) is 0. The molecule has 1 nitrogen and oxygen atoms in total. The van der Waals surface area contributed by atoms with Crippen LogP contribution in [0, 0.1) is 11.8 Å². The molecule has 0 aromatic rings. The molecule has 0 aromatic carbocycles. The molecule has 0 heterocycles. The van der Waals surface area contributed by atoms with E-state index in [0.29, 0.717) is 6.61 Å². The van der Waals surface area contributed by atoms with Crippen molar-refractivity contribution in [2.24, 2.45) is 11.8 Å². The average Bonchev–Trinajstić information content (AvgIpc) is 2.72. The third-order valence-corrected chi connectivity index (χ3v) is 3.83. The van der Waals surface area contributed by atoms with Gasteiger partial charge in [0.05, 0.1) is 0 Å². The van der Waals surface area contributed by atoms with E-state index < -0.39 is 0 Å². The van der Waals surface area contributed by atoms with Crippen molar-refractivity contribution in [3.63, 3.8) is 0 Å². The Hall–Kier alpha value is -0.300. The molecule has 1 fully saturated rings. The van der Waals surface area contributed by atoms with Crippen LogP contribution < -0.4 is 0 Å². The Balaban J connectivity index is 2.12. The van der Waals surface area contributed by atoms with E-state index in [1.165, 1.54) is 51.4 Å². The number of rotatable bonds is 8. The van der Waals surface area contributed by atoms with Crippen LogP contribution in [0.15, 0.2) is 12.2 Å². The number of aliphatic hydroxyl groups is 1. The minimum Gasteiger partial charge on any atom is -0.396 e. The molecule has 0 amide bonds. The molecule has 0 saturated heterocycles. The zero-order valence-corrected chi connectivity index (χ0v) is 10.8. The molecular weight excluding hydrogens is 196 g/mol. The van der Waals surface area contributed by atoms with E-state index in [-0.39, 0.29) is 0 Å². The first kappa shape index (κ1) is 13.8. The Bertz CT molecular complexity index is 186. The summed E-state index contributed by atoms with van der Waals surface area (Å²) in [4.78, 5) is 0. The Kier molecular flexibility index (Phi) is 7.58. The quantitative estimate of drug-likeness (QED) is 0.481. The van der Waals surface area contributed by atoms with Gasteiger partial charge in [-0.15, -0.1) is 0 Å². The number of allylic oxidation sites excluding steroid dienone is 2. The normalized spacial score (nSPS) is 25.6. The highest BCUT2D eigenvalue weighted by Crippen LogP contribution is 2.34. The van der Waals surface area contributed by atoms with Gasteiger partial charge in [-0.25, -0.2) is 0 Å². The first-order valence-electron chi connectivity index (χ1n) is 7.16. The van der Waals surface area contributed by atoms with Crippen molar-refractivity contribution in [1.82, 2.24) is 0 Å². The Morgan fingerprint density at radius 2 is 2.06 bits per heavy atom. The fourth-order valence-electron chi connectivity index (χ4n) is 2.80. The molecule has 94 valence electrons. The van der Waals surface area contributed by atoms with Crippen molar-refractivity contribution in [3.05, 3.63) is 12.2 Å². The monoisotopic (exact) mass is 224 g/mol. The minimum absolute atomic E-state index is 0.367. The van der Waals surface area contributed by atoms with Crippen molar-refractivity contribution < 1.29 is 5.11 Å². The molecule has 1 heteroatoms. The lowest BCUT2D eigenvalue weighted by Crippen LogP contribution is -2.06. The standard InChI is InChI=1S/C15H28O/c1-2-3-4-5-6-7-9-14-10-8-11-15(14)12-13-16/h7,9,14-16H,2-6,8,10-13H2,1H3/b9-7+. The van der Waals surface area contributed by atoms with Crippen LogP contribution in [-0.4, -0.2) is 11.7 Å². The molecule has 1 rings (SSSR count). The summed E-state index contributed by atoms with van der Waals surface area (Å²) in [5.41, 5.74) is 0. The van der Waals surface area contributed by atoms with Gasteiger partial charge in [-0.3, -0.25) is 0 Å². The fraction of sp³-hybridized carbons (Fsp3) is 0.867. The Morgan fingerprint density at radius 1 is 1.19 bits per heavy atom. The molecule has 1 aliphatic rings. The first-order chi connectivity index (χ1) is 7.88. The number of hydrogen-bond acceptors (Lipinski definition) is 1. The molecule has 2 atom stereocenters. The van der Waals surface area contributed by atoms with Crippen LogP contribution in [0.2, 0.25) is 0 Å². The van der Waals surface area contributed by atoms with Crippen LogP contribution in [0.5, 0.6) is 0 Å². The highest BCUT2D eigenvalue weighted by atomic mass is 16.3. The van der Waals surface area contributed by atoms with Crippen molar-refractivity contribution in [2.45, 2.75) is 64.7 Å². The van der Waals surface area contributed by atoms with Crippen LogP contribution in [0.1, 0.15) is 64.7 Å². The van der Waals surface area contributed by atoms with E-state index in [1.807, 2.05) is 0 Å². The summed E-state index contributed by atoms with van der Waals surface area (Å²) in [5.74, 6) is 1.52. The molecule has 2 unspecified atom stereocenters. The SMILES string of the molecule is CCCCCC/C=C/C1CCCC1CCO. The topological polar surface area (TPSA) is 20.2 Å². The van der Waals surface area contributed by atoms with Gasteiger partial charge in [0.15, 0.2) is 0 Å². The highest BCUT2D eigenvalue weighted by Gasteiger charge is 2.23. The van der Waals surface area contributed by atoms with Gasteiger partial charge >= 0.3 is 0 Å². The Labute approximate surface area is 101 Å². The van der Waals surface area contributed by atoms with Gasteiger partial charge in [-0.2, -0.15) is 0 Å². The molecule has 1 saturated carbocycles. The third kappa shape index (κ3) is 5.16. The molecule has 0 aromatic heterocycles. The van der Waals surface area contributed by atoms with Crippen LogP contribution in [-0.2, 0) is 0 Å². The van der Waals surface area contributed by atoms with E-state index in [4.69, 9.17) is 5.11 Å². The van der Waals surface area contributed by atoms with Crippen LogP contribution >= 0.6 is 0 Å². The molecule has 0 spiro atoms. The summed E-state index contributed by atoms with van der Waals surface area (Å²) in [6.07, 6.45) is 16.5. The predicted octanol–water partition coefficient (Wildman–Crippen LogP) is 4.31. The molecule has 16 heavy (non-hydrogen) atoms. The summed E-state index contributed by atoms with van der Waals surface area (Å²) in [6.45, 7) is 2.62. The maximum absolute atomic E-state index is 8.99. The lowest BCUT2D eigenvalue weighted by Gasteiger charge is -2.14. The first-order valence-corrected chi connectivity index (χ1v) is 7.16. The summed E-state index contributed by atoms with van der Waals surface area (Å²) >= 11 is 0. The van der Waals surface area contributed by atoms with Gasteiger partial charge in [0, 0.05) is 6.61 Å². The van der Waals surface area contributed by atoms with E-state index in [1.54, 1.807) is 0 Å². The highest BCUT2D eigenvalue weighted by molar-refractivity contribution is 4.94. The average molecular weight is 224 g/mol. The minimum atomic E-state index is 0.367.